The van der Waals surface area contributed by atoms with Crippen molar-refractivity contribution in [2.45, 2.75) is 97.0 Å². The minimum atomic E-state index is -0.123. The number of aryl methyl sites for hydroxylation is 1. The lowest BCUT2D eigenvalue weighted by Crippen LogP contribution is -2.54. The Bertz CT molecular complexity index is 683. The van der Waals surface area contributed by atoms with Gasteiger partial charge in [-0.05, 0) is 96.8 Å². The average molecular weight is 371 g/mol. The van der Waals surface area contributed by atoms with Gasteiger partial charge in [0.05, 0.1) is 6.10 Å². The summed E-state index contributed by atoms with van der Waals surface area (Å²) in [4.78, 5) is 0. The number of unbranched alkanes of at least 4 members (excludes halogenated alkanes) is 2. The third-order valence-corrected chi connectivity index (χ3v) is 8.93. The molecule has 0 spiro atoms. The number of rotatable bonds is 5. The van der Waals surface area contributed by atoms with Crippen LogP contribution in [0.15, 0.2) is 18.2 Å². The molecule has 0 bridgehead atoms. The van der Waals surface area contributed by atoms with Crippen molar-refractivity contribution < 1.29 is 10.2 Å². The summed E-state index contributed by atoms with van der Waals surface area (Å²) in [6, 6.07) is 6.17. The maximum atomic E-state index is 11.0. The van der Waals surface area contributed by atoms with Gasteiger partial charge >= 0.3 is 0 Å². The van der Waals surface area contributed by atoms with E-state index < -0.39 is 0 Å². The molecule has 0 aromatic heterocycles. The van der Waals surface area contributed by atoms with E-state index in [1.165, 1.54) is 62.5 Å². The van der Waals surface area contributed by atoms with Crippen LogP contribution in [0.1, 0.15) is 95.6 Å². The van der Waals surface area contributed by atoms with Crippen molar-refractivity contribution in [2.75, 3.05) is 0 Å². The monoisotopic (exact) mass is 370 g/mol. The van der Waals surface area contributed by atoms with Crippen LogP contribution in [0, 0.1) is 22.7 Å². The number of fused-ring (bicyclic) bond motifs is 5. The molecule has 0 saturated heterocycles. The first-order valence-corrected chi connectivity index (χ1v) is 11.5. The molecule has 0 aliphatic heterocycles. The third-order valence-electron chi connectivity index (χ3n) is 8.93. The van der Waals surface area contributed by atoms with Crippen LogP contribution in [0.25, 0.3) is 0 Å². The predicted molar refractivity (Wildman–Crippen MR) is 111 cm³/mol. The highest BCUT2D eigenvalue weighted by Crippen LogP contribution is 2.70. The summed E-state index contributed by atoms with van der Waals surface area (Å²) in [5.74, 6) is 2.32. The van der Waals surface area contributed by atoms with Crippen LogP contribution in [-0.4, -0.2) is 16.3 Å². The second-order valence-corrected chi connectivity index (χ2v) is 10.1. The highest BCUT2D eigenvalue weighted by atomic mass is 16.3. The molecule has 0 radical (unpaired) electrons. The molecule has 0 heterocycles. The van der Waals surface area contributed by atoms with E-state index in [2.05, 4.69) is 26.8 Å². The predicted octanol–water partition coefficient (Wildman–Crippen LogP) is 6.20. The minimum absolute atomic E-state index is 0.0951. The maximum absolute atomic E-state index is 11.0. The standard InChI is InChI=1S/C25H38O2/c1-4-6-7-8-18-16-24(3)21(11-12-22(24)27)25(5-2)14-13-17-15-19(26)9-10-20(17)23(18)25/h9-10,15,18,21-23,26-27H,4-8,11-14,16H2,1-3H3/t18-,21+,22-,23+,24-,25-/m0/s1. The Morgan fingerprint density at radius 2 is 1.96 bits per heavy atom. The van der Waals surface area contributed by atoms with Gasteiger partial charge in [0, 0.05) is 0 Å². The first kappa shape index (κ1) is 19.3. The molecule has 150 valence electrons. The fourth-order valence-electron chi connectivity index (χ4n) is 7.75. The van der Waals surface area contributed by atoms with Gasteiger partial charge in [-0.2, -0.15) is 0 Å². The summed E-state index contributed by atoms with van der Waals surface area (Å²) in [5, 5.41) is 21.0. The Labute approximate surface area is 165 Å². The van der Waals surface area contributed by atoms with E-state index >= 15 is 0 Å². The van der Waals surface area contributed by atoms with Gasteiger partial charge in [-0.1, -0.05) is 46.1 Å². The van der Waals surface area contributed by atoms with Crippen LogP contribution in [0.3, 0.4) is 0 Å². The summed E-state index contributed by atoms with van der Waals surface area (Å²) in [6.45, 7) is 7.09. The topological polar surface area (TPSA) is 40.5 Å². The van der Waals surface area contributed by atoms with E-state index in [0.29, 0.717) is 28.9 Å². The zero-order valence-electron chi connectivity index (χ0n) is 17.5. The Balaban J connectivity index is 1.80. The van der Waals surface area contributed by atoms with Crippen LogP contribution < -0.4 is 0 Å². The summed E-state index contributed by atoms with van der Waals surface area (Å²) >= 11 is 0. The van der Waals surface area contributed by atoms with E-state index in [-0.39, 0.29) is 11.5 Å². The lowest BCUT2D eigenvalue weighted by Gasteiger charge is -2.61. The number of hydrogen-bond acceptors (Lipinski definition) is 2. The lowest BCUT2D eigenvalue weighted by atomic mass is 9.43. The molecule has 2 saturated carbocycles. The van der Waals surface area contributed by atoms with Crippen molar-refractivity contribution in [3.05, 3.63) is 29.3 Å². The Hall–Kier alpha value is -1.02. The quantitative estimate of drug-likeness (QED) is 0.606. The smallest absolute Gasteiger partial charge is 0.115 e. The molecule has 0 unspecified atom stereocenters. The van der Waals surface area contributed by atoms with E-state index in [0.717, 1.165) is 12.8 Å². The number of phenols is 1. The molecular formula is C25H38O2. The molecule has 3 aliphatic rings. The molecule has 2 nitrogen and oxygen atoms in total. The number of aliphatic hydroxyl groups excluding tert-OH is 1. The maximum Gasteiger partial charge on any atom is 0.115 e. The van der Waals surface area contributed by atoms with Crippen LogP contribution in [-0.2, 0) is 6.42 Å². The highest BCUT2D eigenvalue weighted by Gasteiger charge is 2.63. The van der Waals surface area contributed by atoms with Gasteiger partial charge in [-0.25, -0.2) is 0 Å². The second-order valence-electron chi connectivity index (χ2n) is 10.1. The molecule has 6 atom stereocenters. The normalized spacial score (nSPS) is 40.3. The van der Waals surface area contributed by atoms with E-state index in [9.17, 15) is 10.2 Å². The van der Waals surface area contributed by atoms with E-state index in [4.69, 9.17) is 0 Å². The van der Waals surface area contributed by atoms with Crippen LogP contribution in [0.5, 0.6) is 5.75 Å². The van der Waals surface area contributed by atoms with Gasteiger partial charge in [0.1, 0.15) is 5.75 Å². The molecule has 1 aromatic rings. The Kier molecular flexibility index (Phi) is 5.08. The highest BCUT2D eigenvalue weighted by molar-refractivity contribution is 5.42. The summed E-state index contributed by atoms with van der Waals surface area (Å²) in [6.07, 6.45) is 11.9. The summed E-state index contributed by atoms with van der Waals surface area (Å²) < 4.78 is 0. The van der Waals surface area contributed by atoms with Crippen molar-refractivity contribution in [1.29, 1.82) is 0 Å². The Morgan fingerprint density at radius 3 is 2.70 bits per heavy atom. The van der Waals surface area contributed by atoms with Crippen molar-refractivity contribution in [1.82, 2.24) is 0 Å². The number of phenolic OH excluding ortho intramolecular Hbond substituents is 1. The van der Waals surface area contributed by atoms with Gasteiger partial charge < -0.3 is 10.2 Å². The first-order valence-electron chi connectivity index (χ1n) is 11.5. The van der Waals surface area contributed by atoms with Gasteiger partial charge in [0.25, 0.3) is 0 Å². The molecule has 27 heavy (non-hydrogen) atoms. The molecule has 0 amide bonds. The molecular weight excluding hydrogens is 332 g/mol. The molecule has 1 aromatic carbocycles. The zero-order chi connectivity index (χ0) is 19.2. The fourth-order valence-corrected chi connectivity index (χ4v) is 7.75. The van der Waals surface area contributed by atoms with Crippen LogP contribution in [0.4, 0.5) is 0 Å². The third kappa shape index (κ3) is 2.85. The van der Waals surface area contributed by atoms with Gasteiger partial charge in [0.15, 0.2) is 0 Å². The van der Waals surface area contributed by atoms with Crippen molar-refractivity contribution >= 4 is 0 Å². The summed E-state index contributed by atoms with van der Waals surface area (Å²) in [7, 11) is 0. The second kappa shape index (κ2) is 7.10. The molecule has 2 fully saturated rings. The summed E-state index contributed by atoms with van der Waals surface area (Å²) in [5.41, 5.74) is 3.32. The molecule has 3 aliphatic carbocycles. The average Bonchev–Trinajstić information content (AvgIpc) is 2.96. The van der Waals surface area contributed by atoms with E-state index in [1.54, 1.807) is 0 Å². The van der Waals surface area contributed by atoms with Crippen molar-refractivity contribution in [3.8, 4) is 5.75 Å². The van der Waals surface area contributed by atoms with Crippen LogP contribution >= 0.6 is 0 Å². The van der Waals surface area contributed by atoms with Gasteiger partial charge in [0.2, 0.25) is 0 Å². The van der Waals surface area contributed by atoms with Crippen molar-refractivity contribution in [2.24, 2.45) is 22.7 Å². The van der Waals surface area contributed by atoms with Gasteiger partial charge in [-0.3, -0.25) is 0 Å². The Morgan fingerprint density at radius 1 is 1.15 bits per heavy atom. The zero-order valence-corrected chi connectivity index (χ0v) is 17.5. The SMILES string of the molecule is CCCCC[C@H]1C[C@@]2(C)[C@@H](CC[C@@H]2O)[C@]2(CC)CCc3cc(O)ccc3[C@@H]12. The van der Waals surface area contributed by atoms with Crippen LogP contribution in [0.2, 0.25) is 0 Å². The molecule has 2 heteroatoms. The van der Waals surface area contributed by atoms with Crippen molar-refractivity contribution in [3.63, 3.8) is 0 Å². The fraction of sp³-hybridized carbons (Fsp3) is 0.760. The molecule has 4 rings (SSSR count). The number of aromatic hydroxyl groups is 1. The van der Waals surface area contributed by atoms with E-state index in [1.807, 2.05) is 12.1 Å². The minimum Gasteiger partial charge on any atom is -0.508 e. The number of hydrogen-bond donors (Lipinski definition) is 2. The largest absolute Gasteiger partial charge is 0.508 e. The first-order chi connectivity index (χ1) is 13.0. The molecule has 2 N–H and O–H groups in total. The van der Waals surface area contributed by atoms with Gasteiger partial charge in [-0.15, -0.1) is 0 Å². The number of aliphatic hydroxyl groups is 1. The number of benzene rings is 1. The lowest BCUT2D eigenvalue weighted by molar-refractivity contribution is -0.105.